The zero-order valence-electron chi connectivity index (χ0n) is 18.0. The van der Waals surface area contributed by atoms with Crippen LogP contribution in [0.2, 0.25) is 0 Å². The molecule has 8 nitrogen and oxygen atoms in total. The summed E-state index contributed by atoms with van der Waals surface area (Å²) in [6.07, 6.45) is -3.30. The van der Waals surface area contributed by atoms with Gasteiger partial charge in [-0.2, -0.15) is 8.42 Å². The maximum Gasteiger partial charge on any atom is 0.297 e. The maximum absolute atomic E-state index is 12.9. The van der Waals surface area contributed by atoms with E-state index in [1.165, 1.54) is 22.7 Å². The molecule has 0 aromatic heterocycles. The number of quaternary nitrogens is 1. The Morgan fingerprint density at radius 3 is 2.44 bits per heavy atom. The molecule has 0 amide bonds. The van der Waals surface area contributed by atoms with Crippen LogP contribution in [0.4, 0.5) is 5.69 Å². The lowest BCUT2D eigenvalue weighted by Gasteiger charge is -2.44. The van der Waals surface area contributed by atoms with Crippen molar-refractivity contribution in [3.8, 4) is 0 Å². The van der Waals surface area contributed by atoms with E-state index in [0.29, 0.717) is 6.61 Å². The molecule has 3 heterocycles. The number of aliphatic hydroxyl groups excluding tert-OH is 1. The normalized spacial score (nSPS) is 31.1. The van der Waals surface area contributed by atoms with Crippen LogP contribution in [0.5, 0.6) is 0 Å². The van der Waals surface area contributed by atoms with Crippen LogP contribution in [0.3, 0.4) is 0 Å². The Kier molecular flexibility index (Phi) is 5.96. The molecule has 3 fully saturated rings. The van der Waals surface area contributed by atoms with Crippen LogP contribution in [-0.4, -0.2) is 77.0 Å². The van der Waals surface area contributed by atoms with Crippen LogP contribution < -0.4 is 9.80 Å². The lowest BCUT2D eigenvalue weighted by atomic mass is 9.95. The molecule has 172 valence electrons. The summed E-state index contributed by atoms with van der Waals surface area (Å²) in [6.45, 7) is 5.49. The lowest BCUT2D eigenvalue weighted by Crippen LogP contribution is -3.21. The third-order valence-electron chi connectivity index (χ3n) is 6.65. The van der Waals surface area contributed by atoms with Gasteiger partial charge in [-0.25, -0.2) is 0 Å². The van der Waals surface area contributed by atoms with Crippen molar-refractivity contribution >= 4 is 15.8 Å². The zero-order chi connectivity index (χ0) is 22.3. The minimum Gasteiger partial charge on any atom is -0.384 e. The van der Waals surface area contributed by atoms with Crippen molar-refractivity contribution in [2.45, 2.75) is 42.5 Å². The van der Waals surface area contributed by atoms with Crippen LogP contribution in [0.25, 0.3) is 0 Å². The number of aliphatic hydroxyl groups is 1. The zero-order valence-corrected chi connectivity index (χ0v) is 18.8. The van der Waals surface area contributed by atoms with E-state index in [9.17, 15) is 13.5 Å². The van der Waals surface area contributed by atoms with E-state index in [4.69, 9.17) is 13.7 Å². The topological polar surface area (TPSA) is 89.7 Å². The highest BCUT2D eigenvalue weighted by Gasteiger charge is 2.56. The summed E-state index contributed by atoms with van der Waals surface area (Å²) < 4.78 is 42.9. The van der Waals surface area contributed by atoms with Crippen molar-refractivity contribution in [1.29, 1.82) is 0 Å². The summed E-state index contributed by atoms with van der Waals surface area (Å²) in [5, 5.41) is 11.2. The molecule has 0 spiro atoms. The number of para-hydroxylation sites is 1. The molecule has 2 bridgehead atoms. The molecule has 2 aromatic rings. The molecule has 3 saturated heterocycles. The standard InChI is InChI=1S/C23H28N2O6S/c1-16-7-9-18(10-8-16)32(27,28)31-22-21(26)20(19-15-29-23(22)30-19)25-13-11-24(12-14-25)17-5-3-2-4-6-17/h2-10,19-23,26H,11-15H2,1H3/p+1/t19-,20+,21-,22+,23-/m1/s1. The Morgan fingerprint density at radius 2 is 1.75 bits per heavy atom. The summed E-state index contributed by atoms with van der Waals surface area (Å²) in [5.41, 5.74) is 2.13. The highest BCUT2D eigenvalue weighted by molar-refractivity contribution is 7.86. The van der Waals surface area contributed by atoms with E-state index >= 15 is 0 Å². The van der Waals surface area contributed by atoms with Gasteiger partial charge in [-0.3, -0.25) is 4.18 Å². The Hall–Kier alpha value is -2.01. The van der Waals surface area contributed by atoms with Gasteiger partial charge >= 0.3 is 0 Å². The van der Waals surface area contributed by atoms with Gasteiger partial charge in [0.05, 0.1) is 37.7 Å². The molecular weight excluding hydrogens is 432 g/mol. The van der Waals surface area contributed by atoms with Crippen molar-refractivity contribution in [2.24, 2.45) is 0 Å². The van der Waals surface area contributed by atoms with Gasteiger partial charge in [0, 0.05) is 5.69 Å². The number of aryl methyl sites for hydroxylation is 1. The molecule has 0 saturated carbocycles. The molecule has 9 heteroatoms. The average molecular weight is 462 g/mol. The van der Waals surface area contributed by atoms with Gasteiger partial charge in [0.25, 0.3) is 10.1 Å². The third-order valence-corrected chi connectivity index (χ3v) is 7.98. The van der Waals surface area contributed by atoms with Crippen LogP contribution >= 0.6 is 0 Å². The van der Waals surface area contributed by atoms with Crippen LogP contribution in [-0.2, 0) is 23.8 Å². The fourth-order valence-electron chi connectivity index (χ4n) is 4.92. The second-order valence-corrected chi connectivity index (χ2v) is 10.3. The SMILES string of the molecule is Cc1ccc(S(=O)(=O)O[C@@H]2[C@@H]3OC[C@@H](O3)[C@H]([NH+]3CCN(c4ccccc4)CC3)[C@H]2O)cc1. The largest absolute Gasteiger partial charge is 0.384 e. The number of piperazine rings is 1. The van der Waals surface area contributed by atoms with E-state index < -0.39 is 28.6 Å². The lowest BCUT2D eigenvalue weighted by molar-refractivity contribution is -0.934. The van der Waals surface area contributed by atoms with Crippen molar-refractivity contribution < 1.29 is 32.1 Å². The molecule has 0 unspecified atom stereocenters. The minimum absolute atomic E-state index is 0.0517. The number of nitrogens with zero attached hydrogens (tertiary/aromatic N) is 1. The first-order chi connectivity index (χ1) is 15.4. The second-order valence-electron chi connectivity index (χ2n) is 8.70. The number of benzene rings is 2. The van der Waals surface area contributed by atoms with Crippen molar-refractivity contribution in [3.63, 3.8) is 0 Å². The van der Waals surface area contributed by atoms with E-state index in [-0.39, 0.29) is 17.0 Å². The van der Waals surface area contributed by atoms with E-state index in [1.807, 2.05) is 25.1 Å². The Morgan fingerprint density at radius 1 is 1.06 bits per heavy atom. The molecule has 3 aliphatic rings. The number of ether oxygens (including phenoxy) is 2. The number of nitrogens with one attached hydrogen (secondary N) is 1. The molecule has 5 rings (SSSR count). The molecule has 2 N–H and O–H groups in total. The smallest absolute Gasteiger partial charge is 0.297 e. The summed E-state index contributed by atoms with van der Waals surface area (Å²) in [4.78, 5) is 3.55. The maximum atomic E-state index is 12.9. The predicted molar refractivity (Wildman–Crippen MR) is 117 cm³/mol. The number of rotatable bonds is 5. The first-order valence-electron chi connectivity index (χ1n) is 11.0. The van der Waals surface area contributed by atoms with Gasteiger partial charge in [0.1, 0.15) is 18.2 Å². The van der Waals surface area contributed by atoms with Gasteiger partial charge in [0.2, 0.25) is 0 Å². The Balaban J connectivity index is 1.30. The van der Waals surface area contributed by atoms with Gasteiger partial charge < -0.3 is 24.4 Å². The molecule has 32 heavy (non-hydrogen) atoms. The number of hydrogen-bond donors (Lipinski definition) is 2. The van der Waals surface area contributed by atoms with Gasteiger partial charge in [-0.15, -0.1) is 0 Å². The van der Waals surface area contributed by atoms with Crippen molar-refractivity contribution in [1.82, 2.24) is 0 Å². The summed E-state index contributed by atoms with van der Waals surface area (Å²) in [7, 11) is -4.07. The molecule has 0 radical (unpaired) electrons. The number of hydrogen-bond acceptors (Lipinski definition) is 7. The third kappa shape index (κ3) is 4.16. The average Bonchev–Trinajstić information content (AvgIpc) is 3.23. The van der Waals surface area contributed by atoms with E-state index in [1.54, 1.807) is 12.1 Å². The highest BCUT2D eigenvalue weighted by Crippen LogP contribution is 2.31. The second kappa shape index (κ2) is 8.74. The van der Waals surface area contributed by atoms with Gasteiger partial charge in [0.15, 0.2) is 12.4 Å². The highest BCUT2D eigenvalue weighted by atomic mass is 32.2. The van der Waals surface area contributed by atoms with Gasteiger partial charge in [-0.05, 0) is 31.2 Å². The number of fused-ring (bicyclic) bond motifs is 2. The van der Waals surface area contributed by atoms with Crippen LogP contribution in [0.15, 0.2) is 59.5 Å². The monoisotopic (exact) mass is 461 g/mol. The Labute approximate surface area is 188 Å². The molecular formula is C23H29N2O6S+. The van der Waals surface area contributed by atoms with E-state index in [2.05, 4.69) is 17.0 Å². The first kappa shape index (κ1) is 21.8. The fraction of sp³-hybridized carbons (Fsp3) is 0.478. The fourth-order valence-corrected chi connectivity index (χ4v) is 6.00. The number of anilines is 1. The summed E-state index contributed by atoms with van der Waals surface area (Å²) in [6, 6.07) is 16.4. The van der Waals surface area contributed by atoms with Gasteiger partial charge in [-0.1, -0.05) is 35.9 Å². The van der Waals surface area contributed by atoms with E-state index in [0.717, 1.165) is 31.7 Å². The van der Waals surface area contributed by atoms with Crippen molar-refractivity contribution in [3.05, 3.63) is 60.2 Å². The summed E-state index contributed by atoms with van der Waals surface area (Å²) in [5.74, 6) is 0. The molecule has 2 aromatic carbocycles. The van der Waals surface area contributed by atoms with Crippen LogP contribution in [0, 0.1) is 6.92 Å². The molecule has 0 aliphatic carbocycles. The summed E-state index contributed by atoms with van der Waals surface area (Å²) >= 11 is 0. The molecule has 5 atom stereocenters. The van der Waals surface area contributed by atoms with Crippen molar-refractivity contribution in [2.75, 3.05) is 37.7 Å². The quantitative estimate of drug-likeness (QED) is 0.604. The molecule has 3 aliphatic heterocycles. The van der Waals surface area contributed by atoms with Crippen LogP contribution in [0.1, 0.15) is 5.56 Å². The minimum atomic E-state index is -4.07. The Bertz CT molecular complexity index is 1020. The first-order valence-corrected chi connectivity index (χ1v) is 12.4. The predicted octanol–water partition coefficient (Wildman–Crippen LogP) is -0.0414.